The quantitative estimate of drug-likeness (QED) is 0.749. The maximum absolute atomic E-state index is 11.4. The Hall–Kier alpha value is -1.84. The van der Waals surface area contributed by atoms with E-state index in [9.17, 15) is 9.59 Å². The zero-order chi connectivity index (χ0) is 12.4. The second kappa shape index (κ2) is 4.57. The van der Waals surface area contributed by atoms with E-state index in [0.29, 0.717) is 0 Å². The number of esters is 1. The predicted molar refractivity (Wildman–Crippen MR) is 60.6 cm³/mol. The summed E-state index contributed by atoms with van der Waals surface area (Å²) in [5.74, 6) is 0.0380. The molecule has 2 rings (SSSR count). The fourth-order valence-electron chi connectivity index (χ4n) is 2.01. The standard InChI is InChI=1S/C13H14O4/c1-8(14)11-7-12(15)17-13(11)9-3-5-10(16-2)6-4-9/h3-6,11,13H,7H2,1-2H3/t11-,13?/m1/s1. The zero-order valence-corrected chi connectivity index (χ0v) is 9.80. The van der Waals surface area contributed by atoms with Gasteiger partial charge >= 0.3 is 5.97 Å². The summed E-state index contributed by atoms with van der Waals surface area (Å²) in [5.41, 5.74) is 0.830. The molecule has 1 aliphatic rings. The molecular weight excluding hydrogens is 220 g/mol. The summed E-state index contributed by atoms with van der Waals surface area (Å²) in [5, 5.41) is 0. The van der Waals surface area contributed by atoms with E-state index in [1.807, 2.05) is 12.1 Å². The average Bonchev–Trinajstić information content (AvgIpc) is 2.72. The minimum Gasteiger partial charge on any atom is -0.497 e. The van der Waals surface area contributed by atoms with Crippen molar-refractivity contribution < 1.29 is 19.1 Å². The smallest absolute Gasteiger partial charge is 0.307 e. The number of benzene rings is 1. The van der Waals surface area contributed by atoms with Crippen LogP contribution >= 0.6 is 0 Å². The zero-order valence-electron chi connectivity index (χ0n) is 9.80. The lowest BCUT2D eigenvalue weighted by atomic mass is 9.92. The topological polar surface area (TPSA) is 52.6 Å². The first-order valence-electron chi connectivity index (χ1n) is 5.45. The molecule has 0 amide bonds. The van der Waals surface area contributed by atoms with Gasteiger partial charge in [0.2, 0.25) is 0 Å². The van der Waals surface area contributed by atoms with Crippen LogP contribution in [-0.2, 0) is 14.3 Å². The Bertz CT molecular complexity index is 435. The van der Waals surface area contributed by atoms with Gasteiger partial charge in [-0.1, -0.05) is 12.1 Å². The van der Waals surface area contributed by atoms with Gasteiger partial charge in [0.05, 0.1) is 19.4 Å². The fraction of sp³-hybridized carbons (Fsp3) is 0.385. The molecule has 1 aromatic carbocycles. The maximum atomic E-state index is 11.4. The molecule has 0 saturated carbocycles. The average molecular weight is 234 g/mol. The lowest BCUT2D eigenvalue weighted by molar-refractivity contribution is -0.141. The number of ketones is 1. The van der Waals surface area contributed by atoms with Gasteiger partial charge in [-0.3, -0.25) is 9.59 Å². The molecule has 0 bridgehead atoms. The molecule has 90 valence electrons. The van der Waals surface area contributed by atoms with Gasteiger partial charge in [0.25, 0.3) is 0 Å². The van der Waals surface area contributed by atoms with Crippen molar-refractivity contribution in [2.45, 2.75) is 19.4 Å². The van der Waals surface area contributed by atoms with Crippen LogP contribution in [-0.4, -0.2) is 18.9 Å². The summed E-state index contributed by atoms with van der Waals surface area (Å²) in [6.07, 6.45) is -0.280. The Labute approximate surface area is 99.5 Å². The Morgan fingerprint density at radius 3 is 2.53 bits per heavy atom. The van der Waals surface area contributed by atoms with Crippen LogP contribution in [0.5, 0.6) is 5.75 Å². The van der Waals surface area contributed by atoms with Gasteiger partial charge in [0.1, 0.15) is 17.6 Å². The van der Waals surface area contributed by atoms with E-state index >= 15 is 0 Å². The predicted octanol–water partition coefficient (Wildman–Crippen LogP) is 1.89. The number of hydrogen-bond acceptors (Lipinski definition) is 4. The maximum Gasteiger partial charge on any atom is 0.307 e. The molecule has 4 nitrogen and oxygen atoms in total. The van der Waals surface area contributed by atoms with Crippen LogP contribution in [0.1, 0.15) is 25.0 Å². The molecule has 1 aromatic rings. The molecule has 17 heavy (non-hydrogen) atoms. The van der Waals surface area contributed by atoms with Crippen molar-refractivity contribution in [3.63, 3.8) is 0 Å². The van der Waals surface area contributed by atoms with E-state index in [1.54, 1.807) is 19.2 Å². The van der Waals surface area contributed by atoms with Crippen LogP contribution in [0.25, 0.3) is 0 Å². The second-order valence-electron chi connectivity index (χ2n) is 4.10. The summed E-state index contributed by atoms with van der Waals surface area (Å²) in [6.45, 7) is 1.49. The molecule has 0 N–H and O–H groups in total. The minimum absolute atomic E-state index is 0.0170. The van der Waals surface area contributed by atoms with Crippen molar-refractivity contribution >= 4 is 11.8 Å². The van der Waals surface area contributed by atoms with Gasteiger partial charge in [-0.15, -0.1) is 0 Å². The van der Waals surface area contributed by atoms with Crippen molar-refractivity contribution in [3.8, 4) is 5.75 Å². The highest BCUT2D eigenvalue weighted by Crippen LogP contribution is 2.36. The number of ether oxygens (including phenoxy) is 2. The summed E-state index contributed by atoms with van der Waals surface area (Å²) in [6, 6.07) is 7.22. The normalized spacial score (nSPS) is 23.3. The second-order valence-corrected chi connectivity index (χ2v) is 4.10. The van der Waals surface area contributed by atoms with Crippen LogP contribution in [0.4, 0.5) is 0 Å². The van der Waals surface area contributed by atoms with Crippen molar-refractivity contribution in [1.29, 1.82) is 0 Å². The number of carbonyl (C=O) groups is 2. The van der Waals surface area contributed by atoms with Gasteiger partial charge in [0, 0.05) is 0 Å². The van der Waals surface area contributed by atoms with Crippen molar-refractivity contribution in [2.75, 3.05) is 7.11 Å². The monoisotopic (exact) mass is 234 g/mol. The summed E-state index contributed by atoms with van der Waals surface area (Å²) in [7, 11) is 1.59. The number of hydrogen-bond donors (Lipinski definition) is 0. The number of cyclic esters (lactones) is 1. The molecule has 4 heteroatoms. The Morgan fingerprint density at radius 2 is 2.00 bits per heavy atom. The van der Waals surface area contributed by atoms with Crippen molar-refractivity contribution in [3.05, 3.63) is 29.8 Å². The first-order valence-corrected chi connectivity index (χ1v) is 5.45. The van der Waals surface area contributed by atoms with Crippen molar-refractivity contribution in [1.82, 2.24) is 0 Å². The third-order valence-electron chi connectivity index (χ3n) is 2.98. The van der Waals surface area contributed by atoms with Gasteiger partial charge in [-0.05, 0) is 24.6 Å². The molecule has 1 heterocycles. The molecule has 2 atom stereocenters. The van der Waals surface area contributed by atoms with Crippen LogP contribution in [0, 0.1) is 5.92 Å². The highest BCUT2D eigenvalue weighted by Gasteiger charge is 2.38. The number of Topliss-reactive ketones (excluding diaryl/α,β-unsaturated/α-hetero) is 1. The van der Waals surface area contributed by atoms with E-state index < -0.39 is 6.10 Å². The molecule has 1 fully saturated rings. The minimum atomic E-state index is -0.453. The molecule has 0 aliphatic carbocycles. The molecule has 0 spiro atoms. The van der Waals surface area contributed by atoms with Gasteiger partial charge in [0.15, 0.2) is 0 Å². The van der Waals surface area contributed by atoms with Crippen molar-refractivity contribution in [2.24, 2.45) is 5.92 Å². The fourth-order valence-corrected chi connectivity index (χ4v) is 2.01. The molecule has 1 unspecified atom stereocenters. The summed E-state index contributed by atoms with van der Waals surface area (Å²) in [4.78, 5) is 22.7. The third kappa shape index (κ3) is 2.30. The number of methoxy groups -OCH3 is 1. The summed E-state index contributed by atoms with van der Waals surface area (Å²) < 4.78 is 10.2. The molecule has 1 saturated heterocycles. The highest BCUT2D eigenvalue weighted by atomic mass is 16.6. The van der Waals surface area contributed by atoms with Gasteiger partial charge in [-0.2, -0.15) is 0 Å². The van der Waals surface area contributed by atoms with E-state index in [1.165, 1.54) is 6.92 Å². The van der Waals surface area contributed by atoms with E-state index in [0.717, 1.165) is 11.3 Å². The third-order valence-corrected chi connectivity index (χ3v) is 2.98. The molecule has 0 aromatic heterocycles. The highest BCUT2D eigenvalue weighted by molar-refractivity contribution is 5.86. The summed E-state index contributed by atoms with van der Waals surface area (Å²) >= 11 is 0. The number of rotatable bonds is 3. The van der Waals surface area contributed by atoms with E-state index in [2.05, 4.69) is 0 Å². The SMILES string of the molecule is COc1ccc(C2OC(=O)C[C@@H]2C(C)=O)cc1. The van der Waals surface area contributed by atoms with Crippen LogP contribution < -0.4 is 4.74 Å². The van der Waals surface area contributed by atoms with E-state index in [-0.39, 0.29) is 24.1 Å². The first-order chi connectivity index (χ1) is 8.11. The van der Waals surface area contributed by atoms with Crippen LogP contribution in [0.3, 0.4) is 0 Å². The Balaban J connectivity index is 2.25. The molecule has 1 aliphatic heterocycles. The first kappa shape index (κ1) is 11.6. The number of carbonyl (C=O) groups excluding carboxylic acids is 2. The lowest BCUT2D eigenvalue weighted by Crippen LogP contribution is -2.15. The largest absolute Gasteiger partial charge is 0.497 e. The van der Waals surface area contributed by atoms with Gasteiger partial charge < -0.3 is 9.47 Å². The van der Waals surface area contributed by atoms with Crippen LogP contribution in [0.2, 0.25) is 0 Å². The van der Waals surface area contributed by atoms with Gasteiger partial charge in [-0.25, -0.2) is 0 Å². The lowest BCUT2D eigenvalue weighted by Gasteiger charge is -2.15. The molecular formula is C13H14O4. The van der Waals surface area contributed by atoms with E-state index in [4.69, 9.17) is 9.47 Å². The van der Waals surface area contributed by atoms with Crippen LogP contribution in [0.15, 0.2) is 24.3 Å². The Kier molecular flexibility index (Phi) is 3.13. The molecule has 0 radical (unpaired) electrons. The Morgan fingerprint density at radius 1 is 1.35 bits per heavy atom.